The lowest BCUT2D eigenvalue weighted by atomic mass is 10.1. The van der Waals surface area contributed by atoms with E-state index in [1.165, 1.54) is 6.20 Å². The highest BCUT2D eigenvalue weighted by molar-refractivity contribution is 6.37. The zero-order chi connectivity index (χ0) is 16.4. The van der Waals surface area contributed by atoms with E-state index in [0.717, 1.165) is 4.90 Å². The fourth-order valence-electron chi connectivity index (χ4n) is 2.38. The maximum atomic E-state index is 12.3. The summed E-state index contributed by atoms with van der Waals surface area (Å²) in [5.41, 5.74) is 0.928. The second kappa shape index (κ2) is 6.18. The Hall–Kier alpha value is -2.73. The average Bonchev–Trinajstić information content (AvgIpc) is 2.81. The number of rotatable bonds is 4. The van der Waals surface area contributed by atoms with Crippen LogP contribution in [0.15, 0.2) is 42.7 Å². The van der Waals surface area contributed by atoms with E-state index in [4.69, 9.17) is 11.6 Å². The number of fused-ring (bicyclic) bond motifs is 1. The van der Waals surface area contributed by atoms with Gasteiger partial charge in [-0.2, -0.15) is 0 Å². The summed E-state index contributed by atoms with van der Waals surface area (Å²) in [6.45, 7) is 0.228. The number of imide groups is 1. The molecule has 0 bridgehead atoms. The van der Waals surface area contributed by atoms with E-state index < -0.39 is 11.8 Å². The lowest BCUT2D eigenvalue weighted by Crippen LogP contribution is -2.38. The first-order valence-corrected chi connectivity index (χ1v) is 7.30. The monoisotopic (exact) mass is 329 g/mol. The van der Waals surface area contributed by atoms with Crippen molar-refractivity contribution in [3.63, 3.8) is 0 Å². The van der Waals surface area contributed by atoms with Crippen LogP contribution in [0.5, 0.6) is 0 Å². The smallest absolute Gasteiger partial charge is 0.263 e. The number of benzene rings is 1. The van der Waals surface area contributed by atoms with Gasteiger partial charge in [0.25, 0.3) is 17.7 Å². The Morgan fingerprint density at radius 3 is 2.70 bits per heavy atom. The van der Waals surface area contributed by atoms with Crippen LogP contribution in [0, 0.1) is 0 Å². The molecule has 0 radical (unpaired) electrons. The number of amides is 3. The van der Waals surface area contributed by atoms with Crippen LogP contribution in [0.1, 0.15) is 31.1 Å². The van der Waals surface area contributed by atoms with Gasteiger partial charge in [0.2, 0.25) is 0 Å². The molecule has 7 heteroatoms. The Bertz CT molecular complexity index is 792. The first-order valence-electron chi connectivity index (χ1n) is 6.92. The summed E-state index contributed by atoms with van der Waals surface area (Å²) < 4.78 is 0. The topological polar surface area (TPSA) is 79.4 Å². The van der Waals surface area contributed by atoms with Gasteiger partial charge in [0.05, 0.1) is 21.7 Å². The van der Waals surface area contributed by atoms with Crippen LogP contribution < -0.4 is 5.32 Å². The summed E-state index contributed by atoms with van der Waals surface area (Å²) in [4.78, 5) is 41.3. The van der Waals surface area contributed by atoms with Gasteiger partial charge in [-0.05, 0) is 24.3 Å². The molecule has 3 amide bonds. The number of nitrogens with one attached hydrogen (secondary N) is 1. The number of hydrogen-bond donors (Lipinski definition) is 1. The molecule has 0 saturated carbocycles. The highest BCUT2D eigenvalue weighted by atomic mass is 35.5. The Labute approximate surface area is 137 Å². The van der Waals surface area contributed by atoms with Crippen LogP contribution in [-0.2, 0) is 0 Å². The van der Waals surface area contributed by atoms with Crippen LogP contribution in [0.2, 0.25) is 5.02 Å². The van der Waals surface area contributed by atoms with Crippen LogP contribution in [0.25, 0.3) is 0 Å². The first kappa shape index (κ1) is 15.2. The van der Waals surface area contributed by atoms with Crippen LogP contribution in [0.3, 0.4) is 0 Å². The number of halogens is 1. The highest BCUT2D eigenvalue weighted by Crippen LogP contribution is 2.28. The lowest BCUT2D eigenvalue weighted by molar-refractivity contribution is 0.0650. The molecule has 2 heterocycles. The molecule has 3 rings (SSSR count). The van der Waals surface area contributed by atoms with Crippen LogP contribution in [0.4, 0.5) is 0 Å². The van der Waals surface area contributed by atoms with Gasteiger partial charge in [0.1, 0.15) is 0 Å². The van der Waals surface area contributed by atoms with Crippen LogP contribution >= 0.6 is 11.6 Å². The van der Waals surface area contributed by atoms with Crippen molar-refractivity contribution in [3.05, 3.63) is 64.4 Å². The maximum absolute atomic E-state index is 12.3. The summed E-state index contributed by atoms with van der Waals surface area (Å²) in [6.07, 6.45) is 3.01. The zero-order valence-electron chi connectivity index (χ0n) is 12.0. The van der Waals surface area contributed by atoms with E-state index in [2.05, 4.69) is 10.3 Å². The molecule has 1 N–H and O–H groups in total. The predicted molar refractivity (Wildman–Crippen MR) is 83.4 cm³/mol. The standard InChI is InChI=1S/C16H12ClN3O3/c17-12-5-1-4-11-13(12)16(23)20(15(11)22)8-7-19-14(21)10-3-2-6-18-9-10/h1-6,9H,7-8H2,(H,19,21). The SMILES string of the molecule is O=C(NCCN1C(=O)c2cccc(Cl)c2C1=O)c1cccnc1. The molecule has 2 aromatic rings. The maximum Gasteiger partial charge on any atom is 0.263 e. The quantitative estimate of drug-likeness (QED) is 0.867. The van der Waals surface area contributed by atoms with Crippen molar-refractivity contribution < 1.29 is 14.4 Å². The fourth-order valence-corrected chi connectivity index (χ4v) is 2.63. The number of aromatic nitrogens is 1. The number of pyridine rings is 1. The molecule has 1 aromatic carbocycles. The van der Waals surface area contributed by atoms with Crippen LogP contribution in [-0.4, -0.2) is 40.7 Å². The Kier molecular flexibility index (Phi) is 4.08. The van der Waals surface area contributed by atoms with E-state index in [0.29, 0.717) is 11.1 Å². The van der Waals surface area contributed by atoms with Gasteiger partial charge in [-0.1, -0.05) is 17.7 Å². The normalized spacial score (nSPS) is 13.2. The summed E-state index contributed by atoms with van der Waals surface area (Å²) >= 11 is 5.98. The number of hydrogen-bond acceptors (Lipinski definition) is 4. The van der Waals surface area contributed by atoms with Gasteiger partial charge >= 0.3 is 0 Å². The molecule has 1 aliphatic heterocycles. The first-order chi connectivity index (χ1) is 11.1. The number of carbonyl (C=O) groups excluding carboxylic acids is 3. The minimum Gasteiger partial charge on any atom is -0.350 e. The number of carbonyl (C=O) groups is 3. The molecule has 0 atom stereocenters. The average molecular weight is 330 g/mol. The second-order valence-corrected chi connectivity index (χ2v) is 5.33. The van der Waals surface area contributed by atoms with E-state index >= 15 is 0 Å². The Balaban J connectivity index is 1.64. The minimum atomic E-state index is -0.439. The fraction of sp³-hybridized carbons (Fsp3) is 0.125. The van der Waals surface area contributed by atoms with Crippen molar-refractivity contribution in [3.8, 4) is 0 Å². The third-order valence-corrected chi connectivity index (χ3v) is 3.81. The van der Waals surface area contributed by atoms with E-state index in [-0.39, 0.29) is 29.6 Å². The summed E-state index contributed by atoms with van der Waals surface area (Å²) in [5, 5.41) is 2.90. The predicted octanol–water partition coefficient (Wildman–Crippen LogP) is 1.76. The summed E-state index contributed by atoms with van der Waals surface area (Å²) in [6, 6.07) is 8.04. The van der Waals surface area contributed by atoms with Gasteiger partial charge < -0.3 is 5.32 Å². The minimum absolute atomic E-state index is 0.0781. The highest BCUT2D eigenvalue weighted by Gasteiger charge is 2.36. The molecular weight excluding hydrogens is 318 g/mol. The molecule has 0 spiro atoms. The Morgan fingerprint density at radius 1 is 1.17 bits per heavy atom. The van der Waals surface area contributed by atoms with Crippen molar-refractivity contribution in [2.75, 3.05) is 13.1 Å². The molecule has 1 aromatic heterocycles. The van der Waals surface area contributed by atoms with Crippen molar-refractivity contribution in [2.45, 2.75) is 0 Å². The van der Waals surface area contributed by atoms with Crippen molar-refractivity contribution in [2.24, 2.45) is 0 Å². The molecule has 6 nitrogen and oxygen atoms in total. The van der Waals surface area contributed by atoms with Gasteiger partial charge in [-0.15, -0.1) is 0 Å². The summed E-state index contributed by atoms with van der Waals surface area (Å²) in [7, 11) is 0. The molecule has 0 fully saturated rings. The molecule has 0 saturated heterocycles. The second-order valence-electron chi connectivity index (χ2n) is 4.92. The van der Waals surface area contributed by atoms with Gasteiger partial charge in [0, 0.05) is 25.5 Å². The lowest BCUT2D eigenvalue weighted by Gasteiger charge is -2.14. The molecule has 116 valence electrons. The van der Waals surface area contributed by atoms with Gasteiger partial charge in [0.15, 0.2) is 0 Å². The van der Waals surface area contributed by atoms with Crippen molar-refractivity contribution in [1.29, 1.82) is 0 Å². The third-order valence-electron chi connectivity index (χ3n) is 3.49. The van der Waals surface area contributed by atoms with Crippen molar-refractivity contribution in [1.82, 2.24) is 15.2 Å². The molecule has 0 unspecified atom stereocenters. The molecule has 23 heavy (non-hydrogen) atoms. The van der Waals surface area contributed by atoms with Gasteiger partial charge in [-0.3, -0.25) is 24.3 Å². The third kappa shape index (κ3) is 2.80. The van der Waals surface area contributed by atoms with E-state index in [1.807, 2.05) is 0 Å². The number of nitrogens with zero attached hydrogens (tertiary/aromatic N) is 2. The van der Waals surface area contributed by atoms with E-state index in [1.54, 1.807) is 36.5 Å². The molecular formula is C16H12ClN3O3. The van der Waals surface area contributed by atoms with Gasteiger partial charge in [-0.25, -0.2) is 0 Å². The van der Waals surface area contributed by atoms with E-state index in [9.17, 15) is 14.4 Å². The molecule has 1 aliphatic rings. The van der Waals surface area contributed by atoms with Crippen molar-refractivity contribution >= 4 is 29.3 Å². The zero-order valence-corrected chi connectivity index (χ0v) is 12.7. The largest absolute Gasteiger partial charge is 0.350 e. The summed E-state index contributed by atoms with van der Waals surface area (Å²) in [5.74, 6) is -1.15. The molecule has 0 aliphatic carbocycles. The Morgan fingerprint density at radius 2 is 2.00 bits per heavy atom.